The van der Waals surface area contributed by atoms with E-state index in [-0.39, 0.29) is 49.5 Å². The molecule has 4 rings (SSSR count). The van der Waals surface area contributed by atoms with Gasteiger partial charge in [0.25, 0.3) is 11.7 Å². The number of carbonyl (C=O) groups excluding carboxylic acids is 4. The number of cyclic esters (lactones) is 1. The SMILES string of the molecule is CC[C@@H]1C=C(C)C[C@H](C)C[C@H](OC)[C@H]2O[C@@](O)(C(=O)C(=O)N3CCCC[C@H]3C(=O)OC(C(C)=C[C@@H]3CC=C[C@H](OC)C3)[C@H](C)[C@@H](O)CC1=O)[C@H](C)C[C@@H]2OC. The van der Waals surface area contributed by atoms with Crippen LogP contribution in [-0.2, 0) is 42.9 Å². The lowest BCUT2D eigenvalue weighted by Crippen LogP contribution is -2.64. The summed E-state index contributed by atoms with van der Waals surface area (Å²) in [7, 11) is 4.74. The summed E-state index contributed by atoms with van der Waals surface area (Å²) in [5, 5.41) is 23.6. The van der Waals surface area contributed by atoms with Crippen LogP contribution < -0.4 is 0 Å². The van der Waals surface area contributed by atoms with Crippen LogP contribution in [-0.4, -0.2) is 115 Å². The van der Waals surface area contributed by atoms with Gasteiger partial charge in [-0.2, -0.15) is 0 Å². The van der Waals surface area contributed by atoms with Crippen molar-refractivity contribution in [3.05, 3.63) is 35.5 Å². The van der Waals surface area contributed by atoms with Gasteiger partial charge in [-0.25, -0.2) is 4.79 Å². The fraction of sp³-hybridized carbons (Fsp3) is 0.767. The Balaban J connectivity index is 1.77. The molecule has 3 aliphatic heterocycles. The Morgan fingerprint density at radius 1 is 1.00 bits per heavy atom. The highest BCUT2D eigenvalue weighted by Gasteiger charge is 2.56. The van der Waals surface area contributed by atoms with Crippen molar-refractivity contribution < 1.29 is 53.1 Å². The van der Waals surface area contributed by atoms with Crippen molar-refractivity contribution >= 4 is 23.4 Å². The van der Waals surface area contributed by atoms with Gasteiger partial charge < -0.3 is 38.8 Å². The minimum atomic E-state index is -2.49. The fourth-order valence-corrected chi connectivity index (χ4v) is 9.03. The van der Waals surface area contributed by atoms with Crippen molar-refractivity contribution in [1.82, 2.24) is 4.90 Å². The molecule has 2 N–H and O–H groups in total. The van der Waals surface area contributed by atoms with Gasteiger partial charge in [-0.15, -0.1) is 0 Å². The van der Waals surface area contributed by atoms with E-state index in [1.807, 2.05) is 39.0 Å². The number of hydrogen-bond donors (Lipinski definition) is 2. The number of carbonyl (C=O) groups is 4. The number of rotatable bonds is 6. The summed E-state index contributed by atoms with van der Waals surface area (Å²) >= 11 is 0. The van der Waals surface area contributed by atoms with E-state index in [1.165, 1.54) is 19.1 Å². The van der Waals surface area contributed by atoms with Crippen LogP contribution in [0.1, 0.15) is 106 Å². The van der Waals surface area contributed by atoms with E-state index in [0.29, 0.717) is 37.7 Å². The molecule has 12 nitrogen and oxygen atoms in total. The third-order valence-corrected chi connectivity index (χ3v) is 12.4. The van der Waals surface area contributed by atoms with E-state index in [0.717, 1.165) is 18.4 Å². The highest BCUT2D eigenvalue weighted by Crippen LogP contribution is 2.39. The molecular weight excluding hydrogens is 706 g/mol. The summed E-state index contributed by atoms with van der Waals surface area (Å²) in [6, 6.07) is -1.11. The first-order valence-corrected chi connectivity index (χ1v) is 20.4. The van der Waals surface area contributed by atoms with Crippen LogP contribution in [0.2, 0.25) is 0 Å². The fourth-order valence-electron chi connectivity index (χ4n) is 9.03. The van der Waals surface area contributed by atoms with Crippen LogP contribution in [0.5, 0.6) is 0 Å². The summed E-state index contributed by atoms with van der Waals surface area (Å²) in [6.45, 7) is 11.4. The van der Waals surface area contributed by atoms with E-state index in [2.05, 4.69) is 13.0 Å². The molecule has 12 heteroatoms. The highest BCUT2D eigenvalue weighted by molar-refractivity contribution is 6.39. The number of aliphatic hydroxyl groups excluding tert-OH is 1. The van der Waals surface area contributed by atoms with E-state index >= 15 is 0 Å². The normalized spacial score (nSPS) is 39.5. The number of fused-ring (bicyclic) bond motifs is 3. The van der Waals surface area contributed by atoms with Crippen molar-refractivity contribution in [2.24, 2.45) is 29.6 Å². The molecule has 2 fully saturated rings. The topological polar surface area (TPSA) is 158 Å². The monoisotopic (exact) mass is 773 g/mol. The second kappa shape index (κ2) is 20.1. The molecule has 13 atom stereocenters. The van der Waals surface area contributed by atoms with E-state index in [9.17, 15) is 29.4 Å². The molecule has 2 bridgehead atoms. The van der Waals surface area contributed by atoms with Crippen LogP contribution in [0.25, 0.3) is 0 Å². The molecule has 55 heavy (non-hydrogen) atoms. The summed E-state index contributed by atoms with van der Waals surface area (Å²) in [5.74, 6) is -7.23. The van der Waals surface area contributed by atoms with E-state index < -0.39 is 77.8 Å². The van der Waals surface area contributed by atoms with Gasteiger partial charge in [0.05, 0.1) is 24.4 Å². The van der Waals surface area contributed by atoms with E-state index in [1.54, 1.807) is 21.0 Å². The number of amides is 1. The maximum Gasteiger partial charge on any atom is 0.329 e. The minimum absolute atomic E-state index is 0.0472. The predicted octanol–water partition coefficient (Wildman–Crippen LogP) is 5.28. The second-order valence-corrected chi connectivity index (χ2v) is 16.7. The average molecular weight is 774 g/mol. The van der Waals surface area contributed by atoms with Gasteiger partial charge in [0.1, 0.15) is 24.0 Å². The molecule has 4 aliphatic rings. The first-order valence-electron chi connectivity index (χ1n) is 20.4. The first kappa shape index (κ1) is 45.0. The molecule has 3 heterocycles. The quantitative estimate of drug-likeness (QED) is 0.206. The maximum atomic E-state index is 14.3. The van der Waals surface area contributed by atoms with Crippen LogP contribution in [0.15, 0.2) is 35.5 Å². The number of piperidine rings is 1. The van der Waals surface area contributed by atoms with Crippen molar-refractivity contribution in [2.45, 2.75) is 154 Å². The van der Waals surface area contributed by atoms with Gasteiger partial charge in [0.2, 0.25) is 5.79 Å². The lowest BCUT2D eigenvalue weighted by molar-refractivity contribution is -0.302. The molecule has 0 radical (unpaired) electrons. The number of Topliss-reactive ketones (excluding diaryl/α,β-unsaturated/α-hetero) is 2. The Bertz CT molecular complexity index is 1440. The van der Waals surface area contributed by atoms with Gasteiger partial charge in [-0.1, -0.05) is 57.6 Å². The van der Waals surface area contributed by atoms with Gasteiger partial charge in [0, 0.05) is 52.0 Å². The van der Waals surface area contributed by atoms with Crippen molar-refractivity contribution in [3.8, 4) is 0 Å². The molecular formula is C43H67NO11. The maximum absolute atomic E-state index is 14.3. The molecule has 0 aromatic carbocycles. The molecule has 0 aromatic rings. The number of allylic oxidation sites excluding steroid dienone is 4. The summed E-state index contributed by atoms with van der Waals surface area (Å²) in [6.07, 6.45) is 8.71. The third-order valence-electron chi connectivity index (χ3n) is 12.4. The zero-order valence-electron chi connectivity index (χ0n) is 34.5. The number of nitrogens with zero attached hydrogens (tertiary/aromatic N) is 1. The van der Waals surface area contributed by atoms with Gasteiger partial charge in [-0.05, 0) is 89.0 Å². The van der Waals surface area contributed by atoms with E-state index in [4.69, 9.17) is 23.7 Å². The Hall–Kier alpha value is -2.74. The average Bonchev–Trinajstić information content (AvgIpc) is 3.17. The Morgan fingerprint density at radius 2 is 1.69 bits per heavy atom. The second-order valence-electron chi connectivity index (χ2n) is 16.7. The molecule has 0 saturated carbocycles. The van der Waals surface area contributed by atoms with Gasteiger partial charge in [-0.3, -0.25) is 14.4 Å². The van der Waals surface area contributed by atoms with Crippen molar-refractivity contribution in [1.29, 1.82) is 0 Å². The summed E-state index contributed by atoms with van der Waals surface area (Å²) in [4.78, 5) is 57.6. The predicted molar refractivity (Wildman–Crippen MR) is 207 cm³/mol. The molecule has 310 valence electrons. The molecule has 1 unspecified atom stereocenters. The van der Waals surface area contributed by atoms with Gasteiger partial charge in [0.15, 0.2) is 0 Å². The number of hydrogen-bond acceptors (Lipinski definition) is 11. The molecule has 1 aliphatic carbocycles. The Kier molecular flexibility index (Phi) is 16.4. The van der Waals surface area contributed by atoms with Gasteiger partial charge >= 0.3 is 5.97 Å². The van der Waals surface area contributed by atoms with Crippen molar-refractivity contribution in [3.63, 3.8) is 0 Å². The Labute approximate surface area is 328 Å². The lowest BCUT2D eigenvalue weighted by Gasteiger charge is -2.47. The van der Waals surface area contributed by atoms with Crippen molar-refractivity contribution in [2.75, 3.05) is 27.9 Å². The largest absolute Gasteiger partial charge is 0.456 e. The zero-order chi connectivity index (χ0) is 40.6. The van der Waals surface area contributed by atoms with Crippen LogP contribution in [0.3, 0.4) is 0 Å². The lowest BCUT2D eigenvalue weighted by atomic mass is 9.82. The summed E-state index contributed by atoms with van der Waals surface area (Å²) in [5.41, 5.74) is 1.72. The number of ketones is 2. The first-order chi connectivity index (χ1) is 26.1. The molecule has 2 saturated heterocycles. The number of esters is 1. The number of methoxy groups -OCH3 is 3. The smallest absolute Gasteiger partial charge is 0.329 e. The van der Waals surface area contributed by atoms with Crippen LogP contribution >= 0.6 is 0 Å². The zero-order valence-corrected chi connectivity index (χ0v) is 34.5. The molecule has 0 aromatic heterocycles. The standard InChI is InChI=1S/C43H67NO11/c1-10-31-19-25(2)18-26(3)20-36(52-8)39-37(53-9)22-28(5)43(50,55-39)40(47)41(48)44-17-12-11-16-33(44)42(49)54-38(29(6)34(45)24-35(31)46)27(4)21-30-14-13-15-32(23-30)51-7/h13,15,19,21,26,28-34,36-39,45,50H,10-12,14,16-18,20,22-24H2,1-9H3/t26-,28+,29+,30-,31+,32-,33-,34-,36-,37-,38?,39+,43+/m0/s1. The molecule has 1 amide bonds. The molecule has 0 spiro atoms. The highest BCUT2D eigenvalue weighted by atomic mass is 16.7. The van der Waals surface area contributed by atoms with Crippen LogP contribution in [0, 0.1) is 29.6 Å². The number of ether oxygens (including phenoxy) is 5. The summed E-state index contributed by atoms with van der Waals surface area (Å²) < 4.78 is 29.8. The Morgan fingerprint density at radius 3 is 2.35 bits per heavy atom. The number of aliphatic hydroxyl groups is 2. The van der Waals surface area contributed by atoms with Crippen LogP contribution in [0.4, 0.5) is 0 Å². The third kappa shape index (κ3) is 10.8. The minimum Gasteiger partial charge on any atom is -0.456 e.